The molecule has 0 atom stereocenters. The van der Waals surface area contributed by atoms with Gasteiger partial charge in [-0.25, -0.2) is 15.0 Å². The normalized spacial score (nSPS) is 11.7. The Morgan fingerprint density at radius 1 is 0.322 bits per heavy atom. The van der Waals surface area contributed by atoms with Crippen LogP contribution in [0.2, 0.25) is 0 Å². The fourth-order valence-corrected chi connectivity index (χ4v) is 8.95. The molecule has 12 aromatic rings. The fourth-order valence-electron chi connectivity index (χ4n) is 8.95. The highest BCUT2D eigenvalue weighted by Gasteiger charge is 2.20. The van der Waals surface area contributed by atoms with Gasteiger partial charge in [-0.15, -0.1) is 0 Å². The molecule has 0 aliphatic heterocycles. The Labute approximate surface area is 340 Å². The number of aromatic nitrogens is 4. The third-order valence-electron chi connectivity index (χ3n) is 11.7. The summed E-state index contributed by atoms with van der Waals surface area (Å²) in [7, 11) is 0. The van der Waals surface area contributed by atoms with E-state index in [1.165, 1.54) is 48.7 Å². The molecule has 0 amide bonds. The first-order chi connectivity index (χ1) is 29.2. The first-order valence-electron chi connectivity index (χ1n) is 20.0. The lowest BCUT2D eigenvalue weighted by molar-refractivity contribution is 1.18. The number of hydrogen-bond acceptors (Lipinski definition) is 3. The molecule has 0 aliphatic carbocycles. The molecule has 3 aromatic heterocycles. The van der Waals surface area contributed by atoms with E-state index in [0.29, 0.717) is 5.82 Å². The van der Waals surface area contributed by atoms with Crippen molar-refractivity contribution in [3.8, 4) is 50.8 Å². The van der Waals surface area contributed by atoms with Crippen LogP contribution in [-0.4, -0.2) is 19.5 Å². The second-order valence-corrected chi connectivity index (χ2v) is 15.2. The van der Waals surface area contributed by atoms with E-state index >= 15 is 0 Å². The molecule has 4 nitrogen and oxygen atoms in total. The van der Waals surface area contributed by atoms with E-state index in [4.69, 9.17) is 15.0 Å². The zero-order valence-corrected chi connectivity index (χ0v) is 31.9. The Morgan fingerprint density at radius 2 is 0.932 bits per heavy atom. The van der Waals surface area contributed by atoms with Crippen molar-refractivity contribution in [3.05, 3.63) is 206 Å². The average Bonchev–Trinajstić information content (AvgIpc) is 3.65. The van der Waals surface area contributed by atoms with Crippen molar-refractivity contribution in [2.75, 3.05) is 0 Å². The molecule has 9 aromatic carbocycles. The van der Waals surface area contributed by atoms with E-state index in [1.54, 1.807) is 0 Å². The summed E-state index contributed by atoms with van der Waals surface area (Å²) in [6.07, 6.45) is 0. The quantitative estimate of drug-likeness (QED) is 0.165. The minimum Gasteiger partial charge on any atom is -0.309 e. The lowest BCUT2D eigenvalue weighted by Gasteiger charge is -2.14. The molecular weight excluding hydrogens is 717 g/mol. The smallest absolute Gasteiger partial charge is 0.160 e. The highest BCUT2D eigenvalue weighted by Crippen LogP contribution is 2.43. The maximum atomic E-state index is 5.40. The highest BCUT2D eigenvalue weighted by atomic mass is 15.0. The zero-order valence-electron chi connectivity index (χ0n) is 31.9. The average molecular weight is 751 g/mol. The largest absolute Gasteiger partial charge is 0.309 e. The third kappa shape index (κ3) is 5.49. The summed E-state index contributed by atoms with van der Waals surface area (Å²) in [5.41, 5.74) is 11.2. The minimum atomic E-state index is 0.666. The number of pyridine rings is 1. The van der Waals surface area contributed by atoms with Gasteiger partial charge >= 0.3 is 0 Å². The SMILES string of the molecule is c1ccc(-n2c3ccccc3c3c4c(ccc32)c(-c2cccc(-c3nc(-c5ccc6ccccc6c5)cc(-c5ccc6ccccc6c5)n3)c2)nc2ccccc24)cc1. The van der Waals surface area contributed by atoms with Gasteiger partial charge in [0.2, 0.25) is 0 Å². The number of benzene rings is 9. The van der Waals surface area contributed by atoms with Crippen LogP contribution < -0.4 is 0 Å². The molecule has 0 bridgehead atoms. The van der Waals surface area contributed by atoms with E-state index in [-0.39, 0.29) is 0 Å². The minimum absolute atomic E-state index is 0.666. The van der Waals surface area contributed by atoms with Gasteiger partial charge in [0.25, 0.3) is 0 Å². The second kappa shape index (κ2) is 13.3. The van der Waals surface area contributed by atoms with Crippen molar-refractivity contribution in [2.45, 2.75) is 0 Å². The van der Waals surface area contributed by atoms with Crippen molar-refractivity contribution in [1.29, 1.82) is 0 Å². The van der Waals surface area contributed by atoms with Crippen molar-refractivity contribution in [3.63, 3.8) is 0 Å². The summed E-state index contributed by atoms with van der Waals surface area (Å²) in [6, 6.07) is 73.2. The van der Waals surface area contributed by atoms with Gasteiger partial charge in [-0.05, 0) is 76.1 Å². The number of para-hydroxylation sites is 3. The Balaban J connectivity index is 1.08. The Bertz CT molecular complexity index is 3520. The third-order valence-corrected chi connectivity index (χ3v) is 11.7. The predicted octanol–water partition coefficient (Wildman–Crippen LogP) is 14.2. The highest BCUT2D eigenvalue weighted by molar-refractivity contribution is 6.29. The standard InChI is InChI=1S/C55H34N4/c1-2-19-43(20-3-1)59-50-24-11-9-22-45(50)53-51(59)30-29-46-52(53)44-21-8-10-23-47(44)56-54(46)41-17-12-18-42(33-41)55-57-48(39-27-25-35-13-4-6-15-37(35)31-39)34-49(58-55)40-28-26-36-14-5-7-16-38(36)32-40/h1-34H. The van der Waals surface area contributed by atoms with Crippen LogP contribution in [0.25, 0.3) is 116 Å². The monoisotopic (exact) mass is 750 g/mol. The summed E-state index contributed by atoms with van der Waals surface area (Å²) < 4.78 is 2.38. The van der Waals surface area contributed by atoms with E-state index in [0.717, 1.165) is 61.3 Å². The maximum absolute atomic E-state index is 5.40. The van der Waals surface area contributed by atoms with Gasteiger partial charge < -0.3 is 4.57 Å². The van der Waals surface area contributed by atoms with Gasteiger partial charge in [0.15, 0.2) is 5.82 Å². The molecule has 0 aliphatic rings. The predicted molar refractivity (Wildman–Crippen MR) is 246 cm³/mol. The van der Waals surface area contributed by atoms with Crippen LogP contribution in [0.5, 0.6) is 0 Å². The molecule has 274 valence electrons. The Kier molecular flexibility index (Phi) is 7.50. The summed E-state index contributed by atoms with van der Waals surface area (Å²) in [5.74, 6) is 0.666. The molecule has 0 fully saturated rings. The van der Waals surface area contributed by atoms with Crippen LogP contribution in [-0.2, 0) is 0 Å². The molecule has 0 spiro atoms. The molecule has 59 heavy (non-hydrogen) atoms. The zero-order chi connectivity index (χ0) is 38.9. The van der Waals surface area contributed by atoms with Gasteiger partial charge in [-0.3, -0.25) is 0 Å². The molecule has 0 radical (unpaired) electrons. The molecule has 0 N–H and O–H groups in total. The molecule has 3 heterocycles. The summed E-state index contributed by atoms with van der Waals surface area (Å²) in [4.78, 5) is 16.0. The van der Waals surface area contributed by atoms with E-state index in [9.17, 15) is 0 Å². The van der Waals surface area contributed by atoms with Gasteiger partial charge in [0.05, 0.1) is 33.6 Å². The van der Waals surface area contributed by atoms with Gasteiger partial charge in [0.1, 0.15) is 0 Å². The van der Waals surface area contributed by atoms with Crippen LogP contribution in [0, 0.1) is 0 Å². The lowest BCUT2D eigenvalue weighted by Crippen LogP contribution is -1.97. The fraction of sp³-hybridized carbons (Fsp3) is 0. The van der Waals surface area contributed by atoms with Crippen LogP contribution in [0.3, 0.4) is 0 Å². The van der Waals surface area contributed by atoms with Gasteiger partial charge in [-0.1, -0.05) is 152 Å². The first kappa shape index (κ1) is 33.2. The van der Waals surface area contributed by atoms with Crippen molar-refractivity contribution < 1.29 is 0 Å². The van der Waals surface area contributed by atoms with Crippen molar-refractivity contribution in [2.24, 2.45) is 0 Å². The molecule has 12 rings (SSSR count). The maximum Gasteiger partial charge on any atom is 0.160 e. The Morgan fingerprint density at radius 3 is 1.66 bits per heavy atom. The van der Waals surface area contributed by atoms with Crippen molar-refractivity contribution >= 4 is 65.0 Å². The number of rotatable bonds is 5. The number of hydrogen-bond donors (Lipinski definition) is 0. The van der Waals surface area contributed by atoms with Gasteiger partial charge in [0, 0.05) is 54.9 Å². The molecular formula is C55H34N4. The topological polar surface area (TPSA) is 43.6 Å². The number of fused-ring (bicyclic) bond motifs is 9. The van der Waals surface area contributed by atoms with Crippen LogP contribution >= 0.6 is 0 Å². The van der Waals surface area contributed by atoms with Gasteiger partial charge in [-0.2, -0.15) is 0 Å². The van der Waals surface area contributed by atoms with Crippen LogP contribution in [0.15, 0.2) is 206 Å². The molecule has 0 unspecified atom stereocenters. The molecule has 4 heteroatoms. The lowest BCUT2D eigenvalue weighted by atomic mass is 9.95. The van der Waals surface area contributed by atoms with Crippen LogP contribution in [0.4, 0.5) is 0 Å². The second-order valence-electron chi connectivity index (χ2n) is 15.2. The molecule has 0 saturated heterocycles. The van der Waals surface area contributed by atoms with E-state index < -0.39 is 0 Å². The number of nitrogens with zero attached hydrogens (tertiary/aromatic N) is 4. The summed E-state index contributed by atoms with van der Waals surface area (Å²) in [5, 5.41) is 10.6. The van der Waals surface area contributed by atoms with E-state index in [1.807, 2.05) is 0 Å². The molecule has 0 saturated carbocycles. The summed E-state index contributed by atoms with van der Waals surface area (Å²) in [6.45, 7) is 0. The first-order valence-corrected chi connectivity index (χ1v) is 20.0. The van der Waals surface area contributed by atoms with E-state index in [2.05, 4.69) is 211 Å². The summed E-state index contributed by atoms with van der Waals surface area (Å²) >= 11 is 0. The van der Waals surface area contributed by atoms with Crippen molar-refractivity contribution in [1.82, 2.24) is 19.5 Å². The Hall–Kier alpha value is -7.95. The van der Waals surface area contributed by atoms with Crippen LogP contribution in [0.1, 0.15) is 0 Å².